The molecule has 1 amide bonds. The van der Waals surface area contributed by atoms with Gasteiger partial charge in [-0.2, -0.15) is 0 Å². The van der Waals surface area contributed by atoms with Gasteiger partial charge in [0.25, 0.3) is 0 Å². The normalized spacial score (nSPS) is 14.9. The molecule has 2 aromatic carbocycles. The molecule has 1 aliphatic carbocycles. The van der Waals surface area contributed by atoms with Gasteiger partial charge in [-0.25, -0.2) is 18.1 Å². The monoisotopic (exact) mass is 497 g/mol. The summed E-state index contributed by atoms with van der Waals surface area (Å²) in [6.07, 6.45) is 5.06. The van der Waals surface area contributed by atoms with Gasteiger partial charge >= 0.3 is 0 Å². The predicted molar refractivity (Wildman–Crippen MR) is 139 cm³/mol. The third-order valence-electron chi connectivity index (χ3n) is 6.11. The molecule has 180 valence electrons. The van der Waals surface area contributed by atoms with E-state index in [1.807, 2.05) is 13.8 Å². The Kier molecular flexibility index (Phi) is 7.60. The van der Waals surface area contributed by atoms with Crippen LogP contribution in [0.2, 0.25) is 0 Å². The summed E-state index contributed by atoms with van der Waals surface area (Å²) in [7, 11) is -3.56. The van der Waals surface area contributed by atoms with Crippen molar-refractivity contribution in [2.45, 2.75) is 68.8 Å². The lowest BCUT2D eigenvalue weighted by Gasteiger charge is -2.22. The Labute approximate surface area is 206 Å². The lowest BCUT2D eigenvalue weighted by molar-refractivity contribution is -0.113. The average molecular weight is 498 g/mol. The standard InChI is InChI=1S/C26H31N3O3S2/c1-17-13-18(2)25-20(14-17)15-19(3)26(28-25)33-16-24(30)27-21-9-11-23(12-10-21)34(31,32)29-22-7-5-4-6-8-22/h9-15,22,29H,4-8,16H2,1-3H3,(H,27,30). The molecule has 1 fully saturated rings. The maximum atomic E-state index is 12.7. The number of rotatable bonds is 7. The summed E-state index contributed by atoms with van der Waals surface area (Å²) in [6, 6.07) is 12.7. The van der Waals surface area contributed by atoms with Crippen molar-refractivity contribution in [1.29, 1.82) is 0 Å². The molecule has 1 aliphatic rings. The number of hydrogen-bond acceptors (Lipinski definition) is 5. The van der Waals surface area contributed by atoms with Crippen LogP contribution >= 0.6 is 11.8 Å². The van der Waals surface area contributed by atoms with Crippen molar-refractivity contribution < 1.29 is 13.2 Å². The second-order valence-electron chi connectivity index (χ2n) is 9.08. The van der Waals surface area contributed by atoms with Gasteiger partial charge in [-0.3, -0.25) is 4.79 Å². The minimum atomic E-state index is -3.56. The molecule has 8 heteroatoms. The van der Waals surface area contributed by atoms with Gasteiger partial charge in [0.15, 0.2) is 0 Å². The van der Waals surface area contributed by atoms with Crippen LogP contribution in [0.1, 0.15) is 48.8 Å². The highest BCUT2D eigenvalue weighted by Crippen LogP contribution is 2.27. The minimum absolute atomic E-state index is 0.00939. The summed E-state index contributed by atoms with van der Waals surface area (Å²) in [4.78, 5) is 17.5. The van der Waals surface area contributed by atoms with E-state index in [0.29, 0.717) is 5.69 Å². The van der Waals surface area contributed by atoms with Gasteiger partial charge in [0.05, 0.1) is 16.2 Å². The fourth-order valence-electron chi connectivity index (χ4n) is 4.44. The van der Waals surface area contributed by atoms with E-state index in [-0.39, 0.29) is 22.6 Å². The third kappa shape index (κ3) is 5.98. The highest BCUT2D eigenvalue weighted by molar-refractivity contribution is 8.00. The molecule has 1 aromatic heterocycles. The lowest BCUT2D eigenvalue weighted by atomic mass is 9.96. The molecule has 0 bridgehead atoms. The molecular formula is C26H31N3O3S2. The summed E-state index contributed by atoms with van der Waals surface area (Å²) < 4.78 is 28.1. The second-order valence-corrected chi connectivity index (χ2v) is 11.8. The number of carbonyl (C=O) groups excluding carboxylic acids is 1. The van der Waals surface area contributed by atoms with E-state index in [2.05, 4.69) is 35.2 Å². The van der Waals surface area contributed by atoms with E-state index in [9.17, 15) is 13.2 Å². The number of fused-ring (bicyclic) bond motifs is 1. The summed E-state index contributed by atoms with van der Waals surface area (Å²) in [5, 5.41) is 4.79. The van der Waals surface area contributed by atoms with Crippen LogP contribution in [0.25, 0.3) is 10.9 Å². The number of hydrogen-bond donors (Lipinski definition) is 2. The molecule has 0 aliphatic heterocycles. The summed E-state index contributed by atoms with van der Waals surface area (Å²) in [5.41, 5.74) is 4.88. The SMILES string of the molecule is Cc1cc(C)c2nc(SCC(=O)Nc3ccc(S(=O)(=O)NC4CCCCC4)cc3)c(C)cc2c1. The fraction of sp³-hybridized carbons (Fsp3) is 0.385. The average Bonchev–Trinajstić information content (AvgIpc) is 2.78. The number of anilines is 1. The number of nitrogens with zero attached hydrogens (tertiary/aromatic N) is 1. The number of aromatic nitrogens is 1. The first-order valence-corrected chi connectivity index (χ1v) is 14.1. The first kappa shape index (κ1) is 24.7. The molecule has 0 atom stereocenters. The number of thioether (sulfide) groups is 1. The third-order valence-corrected chi connectivity index (χ3v) is 8.74. The number of pyridine rings is 1. The highest BCUT2D eigenvalue weighted by Gasteiger charge is 2.21. The van der Waals surface area contributed by atoms with Crippen LogP contribution in [0.4, 0.5) is 5.69 Å². The van der Waals surface area contributed by atoms with Crippen LogP contribution in [0.5, 0.6) is 0 Å². The number of benzene rings is 2. The summed E-state index contributed by atoms with van der Waals surface area (Å²) in [5.74, 6) is 0.0518. The van der Waals surface area contributed by atoms with Gasteiger partial charge in [0.1, 0.15) is 5.03 Å². The molecule has 1 heterocycles. The van der Waals surface area contributed by atoms with Crippen molar-refractivity contribution >= 4 is 44.3 Å². The van der Waals surface area contributed by atoms with Gasteiger partial charge in [-0.05, 0) is 81.1 Å². The van der Waals surface area contributed by atoms with Gasteiger partial charge < -0.3 is 5.32 Å². The van der Waals surface area contributed by atoms with Crippen molar-refractivity contribution in [3.05, 3.63) is 59.2 Å². The quantitative estimate of drug-likeness (QED) is 0.421. The Morgan fingerprint density at radius 3 is 2.41 bits per heavy atom. The molecule has 0 unspecified atom stereocenters. The van der Waals surface area contributed by atoms with Crippen LogP contribution in [-0.2, 0) is 14.8 Å². The molecule has 0 radical (unpaired) electrons. The van der Waals surface area contributed by atoms with Crippen LogP contribution in [0.15, 0.2) is 52.4 Å². The smallest absolute Gasteiger partial charge is 0.240 e. The van der Waals surface area contributed by atoms with Crippen molar-refractivity contribution in [3.63, 3.8) is 0 Å². The number of carbonyl (C=O) groups is 1. The van der Waals surface area contributed by atoms with E-state index >= 15 is 0 Å². The van der Waals surface area contributed by atoms with Crippen LogP contribution in [-0.4, -0.2) is 31.1 Å². The number of amides is 1. The molecule has 34 heavy (non-hydrogen) atoms. The van der Waals surface area contributed by atoms with Crippen molar-refractivity contribution in [2.75, 3.05) is 11.1 Å². The van der Waals surface area contributed by atoms with E-state index in [1.54, 1.807) is 12.1 Å². The number of sulfonamides is 1. The summed E-state index contributed by atoms with van der Waals surface area (Å²) in [6.45, 7) is 6.13. The van der Waals surface area contributed by atoms with E-state index in [0.717, 1.165) is 52.7 Å². The van der Waals surface area contributed by atoms with Crippen molar-refractivity contribution in [3.8, 4) is 0 Å². The topological polar surface area (TPSA) is 88.2 Å². The van der Waals surface area contributed by atoms with Gasteiger partial charge in [-0.15, -0.1) is 0 Å². The first-order valence-electron chi connectivity index (χ1n) is 11.6. The zero-order valence-corrected chi connectivity index (χ0v) is 21.5. The Balaban J connectivity index is 1.36. The van der Waals surface area contributed by atoms with Gasteiger partial charge in [-0.1, -0.05) is 42.7 Å². The summed E-state index contributed by atoms with van der Waals surface area (Å²) >= 11 is 1.40. The van der Waals surface area contributed by atoms with Gasteiger partial charge in [0.2, 0.25) is 15.9 Å². The second kappa shape index (κ2) is 10.5. The number of nitrogens with one attached hydrogen (secondary N) is 2. The van der Waals surface area contributed by atoms with Crippen LogP contribution in [0, 0.1) is 20.8 Å². The fourth-order valence-corrected chi connectivity index (χ4v) is 6.53. The van der Waals surface area contributed by atoms with Crippen molar-refractivity contribution in [1.82, 2.24) is 9.71 Å². The molecule has 0 spiro atoms. The molecule has 6 nitrogen and oxygen atoms in total. The maximum Gasteiger partial charge on any atom is 0.240 e. The number of aryl methyl sites for hydroxylation is 3. The zero-order chi connectivity index (χ0) is 24.3. The highest BCUT2D eigenvalue weighted by atomic mass is 32.2. The Morgan fingerprint density at radius 2 is 1.71 bits per heavy atom. The Morgan fingerprint density at radius 1 is 1.00 bits per heavy atom. The zero-order valence-electron chi connectivity index (χ0n) is 19.8. The Hall–Kier alpha value is -2.42. The van der Waals surface area contributed by atoms with E-state index in [4.69, 9.17) is 4.98 Å². The van der Waals surface area contributed by atoms with E-state index < -0.39 is 10.0 Å². The minimum Gasteiger partial charge on any atom is -0.325 e. The van der Waals surface area contributed by atoms with E-state index in [1.165, 1.54) is 35.9 Å². The molecule has 2 N–H and O–H groups in total. The van der Waals surface area contributed by atoms with Crippen molar-refractivity contribution in [2.24, 2.45) is 0 Å². The lowest BCUT2D eigenvalue weighted by Crippen LogP contribution is -2.36. The molecular weight excluding hydrogens is 466 g/mol. The molecule has 4 rings (SSSR count). The maximum absolute atomic E-state index is 12.7. The first-order chi connectivity index (χ1) is 16.2. The van der Waals surface area contributed by atoms with Crippen LogP contribution < -0.4 is 10.0 Å². The molecule has 1 saturated carbocycles. The molecule has 3 aromatic rings. The predicted octanol–water partition coefficient (Wildman–Crippen LogP) is 5.50. The molecule has 0 saturated heterocycles. The largest absolute Gasteiger partial charge is 0.325 e. The van der Waals surface area contributed by atoms with Gasteiger partial charge in [0, 0.05) is 17.1 Å². The Bertz CT molecular complexity index is 1300. The van der Waals surface area contributed by atoms with Crippen LogP contribution in [0.3, 0.4) is 0 Å².